The van der Waals surface area contributed by atoms with Gasteiger partial charge in [-0.1, -0.05) is 27.7 Å². The number of nitrogens with one attached hydrogen (secondary N) is 2. The normalized spacial score (nSPS) is 12.6. The standard InChI is InChI=1S/C13H25N3O2S2/c1-5-14-8-6-7-9-20(17,18)16-12-15-11(10-19-12)13(2,3)4/h10,14H,5-9H2,1-4H3,(H,15,16). The van der Waals surface area contributed by atoms with Crippen molar-refractivity contribution >= 4 is 26.5 Å². The van der Waals surface area contributed by atoms with Gasteiger partial charge in [-0.3, -0.25) is 4.72 Å². The third-order valence-corrected chi connectivity index (χ3v) is 5.00. The maximum Gasteiger partial charge on any atom is 0.234 e. The van der Waals surface area contributed by atoms with Gasteiger partial charge in [0.2, 0.25) is 10.0 Å². The van der Waals surface area contributed by atoms with Crippen LogP contribution in [0, 0.1) is 0 Å². The second kappa shape index (κ2) is 7.38. The molecule has 7 heteroatoms. The molecule has 0 spiro atoms. The topological polar surface area (TPSA) is 71.1 Å². The van der Waals surface area contributed by atoms with Crippen molar-refractivity contribution in [3.63, 3.8) is 0 Å². The molecule has 0 aliphatic rings. The molecular formula is C13H25N3O2S2. The van der Waals surface area contributed by atoms with Crippen LogP contribution in [-0.2, 0) is 15.4 Å². The Hall–Kier alpha value is -0.660. The molecule has 0 atom stereocenters. The predicted molar refractivity (Wildman–Crippen MR) is 86.0 cm³/mol. The van der Waals surface area contributed by atoms with Crippen molar-refractivity contribution in [1.29, 1.82) is 0 Å². The molecule has 20 heavy (non-hydrogen) atoms. The Morgan fingerprint density at radius 1 is 1.30 bits per heavy atom. The zero-order valence-electron chi connectivity index (χ0n) is 12.7. The molecule has 5 nitrogen and oxygen atoms in total. The van der Waals surface area contributed by atoms with Crippen LogP contribution in [0.25, 0.3) is 0 Å². The van der Waals surface area contributed by atoms with Gasteiger partial charge in [-0.05, 0) is 25.9 Å². The highest BCUT2D eigenvalue weighted by Crippen LogP contribution is 2.26. The summed E-state index contributed by atoms with van der Waals surface area (Å²) in [5.41, 5.74) is 0.846. The van der Waals surface area contributed by atoms with Gasteiger partial charge in [0.25, 0.3) is 0 Å². The quantitative estimate of drug-likeness (QED) is 0.723. The number of thiazole rings is 1. The first-order valence-corrected chi connectivity index (χ1v) is 9.45. The van der Waals surface area contributed by atoms with Gasteiger partial charge in [-0.15, -0.1) is 11.3 Å². The Balaban J connectivity index is 2.48. The molecule has 0 unspecified atom stereocenters. The van der Waals surface area contributed by atoms with E-state index in [2.05, 4.69) is 35.8 Å². The molecule has 0 aromatic carbocycles. The summed E-state index contributed by atoms with van der Waals surface area (Å²) >= 11 is 1.34. The molecule has 0 amide bonds. The monoisotopic (exact) mass is 319 g/mol. The lowest BCUT2D eigenvalue weighted by Crippen LogP contribution is -2.19. The first kappa shape index (κ1) is 17.4. The van der Waals surface area contributed by atoms with E-state index in [1.54, 1.807) is 0 Å². The Labute approximate surface area is 126 Å². The minimum absolute atomic E-state index is 0.0635. The number of anilines is 1. The molecule has 2 N–H and O–H groups in total. The molecule has 0 aliphatic heterocycles. The molecular weight excluding hydrogens is 294 g/mol. The van der Waals surface area contributed by atoms with E-state index in [1.165, 1.54) is 11.3 Å². The second-order valence-electron chi connectivity index (χ2n) is 5.77. The number of sulfonamides is 1. The Bertz CT molecular complexity index is 504. The van der Waals surface area contributed by atoms with Gasteiger partial charge >= 0.3 is 0 Å². The van der Waals surface area contributed by atoms with Crippen LogP contribution in [-0.4, -0.2) is 32.2 Å². The zero-order chi connectivity index (χ0) is 15.2. The minimum atomic E-state index is -3.28. The molecule has 1 heterocycles. The first-order chi connectivity index (χ1) is 9.24. The highest BCUT2D eigenvalue weighted by Gasteiger charge is 2.19. The summed E-state index contributed by atoms with van der Waals surface area (Å²) in [4.78, 5) is 4.34. The van der Waals surface area contributed by atoms with E-state index < -0.39 is 10.0 Å². The number of nitrogens with zero attached hydrogens (tertiary/aromatic N) is 1. The first-order valence-electron chi connectivity index (χ1n) is 6.92. The summed E-state index contributed by atoms with van der Waals surface area (Å²) in [6.45, 7) is 9.98. The summed E-state index contributed by atoms with van der Waals surface area (Å²) in [6.07, 6.45) is 1.51. The van der Waals surface area contributed by atoms with Crippen molar-refractivity contribution in [3.8, 4) is 0 Å². The molecule has 0 aliphatic carbocycles. The van der Waals surface area contributed by atoms with Gasteiger partial charge < -0.3 is 5.32 Å². The second-order valence-corrected chi connectivity index (χ2v) is 8.47. The fraction of sp³-hybridized carbons (Fsp3) is 0.769. The molecule has 0 bridgehead atoms. The fourth-order valence-corrected chi connectivity index (χ4v) is 3.92. The van der Waals surface area contributed by atoms with Gasteiger partial charge in [-0.25, -0.2) is 13.4 Å². The lowest BCUT2D eigenvalue weighted by molar-refractivity contribution is 0.573. The van der Waals surface area contributed by atoms with Crippen LogP contribution in [0.2, 0.25) is 0 Å². The largest absolute Gasteiger partial charge is 0.317 e. The molecule has 0 radical (unpaired) electrons. The van der Waals surface area contributed by atoms with E-state index in [1.807, 2.05) is 12.3 Å². The summed E-state index contributed by atoms with van der Waals surface area (Å²) in [5, 5.41) is 5.54. The molecule has 1 aromatic heterocycles. The number of rotatable bonds is 8. The van der Waals surface area contributed by atoms with Crippen LogP contribution < -0.4 is 10.0 Å². The maximum atomic E-state index is 11.9. The third-order valence-electron chi connectivity index (χ3n) is 2.78. The summed E-state index contributed by atoms with van der Waals surface area (Å²) < 4.78 is 26.4. The number of aromatic nitrogens is 1. The fourth-order valence-electron chi connectivity index (χ4n) is 1.57. The van der Waals surface area contributed by atoms with Crippen molar-refractivity contribution in [1.82, 2.24) is 10.3 Å². The van der Waals surface area contributed by atoms with Gasteiger partial charge in [-0.2, -0.15) is 0 Å². The van der Waals surface area contributed by atoms with E-state index >= 15 is 0 Å². The van der Waals surface area contributed by atoms with Crippen LogP contribution >= 0.6 is 11.3 Å². The lowest BCUT2D eigenvalue weighted by Gasteiger charge is -2.14. The maximum absolute atomic E-state index is 11.9. The third kappa shape index (κ3) is 6.19. The average Bonchev–Trinajstić information content (AvgIpc) is 2.76. The van der Waals surface area contributed by atoms with Crippen molar-refractivity contribution < 1.29 is 8.42 Å². The highest BCUT2D eigenvalue weighted by atomic mass is 32.2. The molecule has 0 saturated heterocycles. The van der Waals surface area contributed by atoms with E-state index in [0.29, 0.717) is 11.6 Å². The summed E-state index contributed by atoms with van der Waals surface area (Å²) in [5.74, 6) is 0.142. The molecule has 116 valence electrons. The van der Waals surface area contributed by atoms with Crippen molar-refractivity contribution in [2.24, 2.45) is 0 Å². The van der Waals surface area contributed by atoms with E-state index in [0.717, 1.165) is 25.2 Å². The number of unbranched alkanes of at least 4 members (excludes halogenated alkanes) is 1. The van der Waals surface area contributed by atoms with Crippen LogP contribution in [0.1, 0.15) is 46.2 Å². The lowest BCUT2D eigenvalue weighted by atomic mass is 9.93. The van der Waals surface area contributed by atoms with Crippen molar-refractivity contribution in [2.45, 2.75) is 46.0 Å². The van der Waals surface area contributed by atoms with Gasteiger partial charge in [0.05, 0.1) is 11.4 Å². The Morgan fingerprint density at radius 3 is 2.55 bits per heavy atom. The molecule has 1 rings (SSSR count). The number of hydrogen-bond donors (Lipinski definition) is 2. The van der Waals surface area contributed by atoms with Crippen LogP contribution in [0.5, 0.6) is 0 Å². The molecule has 0 fully saturated rings. The van der Waals surface area contributed by atoms with Crippen LogP contribution in [0.3, 0.4) is 0 Å². The Kier molecular flexibility index (Phi) is 6.42. The SMILES string of the molecule is CCNCCCCS(=O)(=O)Nc1nc(C(C)(C)C)cs1. The number of hydrogen-bond acceptors (Lipinski definition) is 5. The molecule has 0 saturated carbocycles. The average molecular weight is 319 g/mol. The van der Waals surface area contributed by atoms with Crippen molar-refractivity contribution in [2.75, 3.05) is 23.6 Å². The van der Waals surface area contributed by atoms with Crippen LogP contribution in [0.15, 0.2) is 5.38 Å². The van der Waals surface area contributed by atoms with E-state index in [4.69, 9.17) is 0 Å². The smallest absolute Gasteiger partial charge is 0.234 e. The van der Waals surface area contributed by atoms with E-state index in [-0.39, 0.29) is 11.2 Å². The van der Waals surface area contributed by atoms with Gasteiger partial charge in [0.15, 0.2) is 5.13 Å². The predicted octanol–water partition coefficient (Wildman–Crippen LogP) is 2.57. The minimum Gasteiger partial charge on any atom is -0.317 e. The van der Waals surface area contributed by atoms with E-state index in [9.17, 15) is 8.42 Å². The van der Waals surface area contributed by atoms with Gasteiger partial charge in [0, 0.05) is 10.8 Å². The summed E-state index contributed by atoms with van der Waals surface area (Å²) in [7, 11) is -3.28. The van der Waals surface area contributed by atoms with Gasteiger partial charge in [0.1, 0.15) is 0 Å². The summed E-state index contributed by atoms with van der Waals surface area (Å²) in [6, 6.07) is 0. The molecule has 1 aromatic rings. The zero-order valence-corrected chi connectivity index (χ0v) is 14.3. The van der Waals surface area contributed by atoms with Crippen LogP contribution in [0.4, 0.5) is 5.13 Å². The highest BCUT2D eigenvalue weighted by molar-refractivity contribution is 7.92. The Morgan fingerprint density at radius 2 is 2.00 bits per heavy atom. The van der Waals surface area contributed by atoms with Crippen molar-refractivity contribution in [3.05, 3.63) is 11.1 Å².